The lowest BCUT2D eigenvalue weighted by Crippen LogP contribution is -2.38. The van der Waals surface area contributed by atoms with Gasteiger partial charge in [0.15, 0.2) is 0 Å². The molecule has 1 aliphatic heterocycles. The summed E-state index contributed by atoms with van der Waals surface area (Å²) in [6.07, 6.45) is 2.56. The van der Waals surface area contributed by atoms with Crippen LogP contribution in [0.3, 0.4) is 0 Å². The van der Waals surface area contributed by atoms with Crippen LogP contribution in [0.4, 0.5) is 5.82 Å². The van der Waals surface area contributed by atoms with E-state index in [1.807, 2.05) is 0 Å². The van der Waals surface area contributed by atoms with Crippen LogP contribution < -0.4 is 10.2 Å². The largest absolute Gasteiger partial charge is 0.352 e. The zero-order chi connectivity index (χ0) is 11.4. The van der Waals surface area contributed by atoms with Gasteiger partial charge in [-0.2, -0.15) is 0 Å². The quantitative estimate of drug-likeness (QED) is 0.839. The van der Waals surface area contributed by atoms with Gasteiger partial charge in [0.1, 0.15) is 5.82 Å². The van der Waals surface area contributed by atoms with Crippen LogP contribution in [0.2, 0.25) is 0 Å². The van der Waals surface area contributed by atoms with Crippen molar-refractivity contribution in [2.24, 2.45) is 0 Å². The Balaban J connectivity index is 2.07. The molecule has 0 aromatic carbocycles. The van der Waals surface area contributed by atoms with Crippen molar-refractivity contribution in [3.63, 3.8) is 0 Å². The van der Waals surface area contributed by atoms with Crippen LogP contribution in [-0.2, 0) is 0 Å². The van der Waals surface area contributed by atoms with Crippen LogP contribution >= 0.6 is 0 Å². The molecule has 3 heteroatoms. The maximum atomic E-state index is 4.61. The lowest BCUT2D eigenvalue weighted by Gasteiger charge is -2.26. The summed E-state index contributed by atoms with van der Waals surface area (Å²) in [4.78, 5) is 7.05. The maximum absolute atomic E-state index is 4.61. The van der Waals surface area contributed by atoms with Gasteiger partial charge >= 0.3 is 0 Å². The lowest BCUT2D eigenvalue weighted by atomic mass is 10.2. The van der Waals surface area contributed by atoms with Gasteiger partial charge in [0, 0.05) is 24.8 Å². The highest BCUT2D eigenvalue weighted by Gasteiger charge is 2.24. The summed E-state index contributed by atoms with van der Waals surface area (Å²) in [7, 11) is 0. The van der Waals surface area contributed by atoms with Gasteiger partial charge in [0.25, 0.3) is 0 Å². The van der Waals surface area contributed by atoms with E-state index in [-0.39, 0.29) is 0 Å². The summed E-state index contributed by atoms with van der Waals surface area (Å²) >= 11 is 0. The average molecular weight is 219 g/mol. The lowest BCUT2D eigenvalue weighted by molar-refractivity contribution is 0.584. The topological polar surface area (TPSA) is 28.2 Å². The number of nitrogens with zero attached hydrogens (tertiary/aromatic N) is 2. The first-order chi connectivity index (χ1) is 7.81. The number of rotatable bonds is 4. The Labute approximate surface area is 97.9 Å². The Morgan fingerprint density at radius 2 is 2.38 bits per heavy atom. The van der Waals surface area contributed by atoms with E-state index in [1.165, 1.54) is 12.8 Å². The number of hydrogen-bond acceptors (Lipinski definition) is 3. The first kappa shape index (κ1) is 11.4. The minimum atomic E-state index is 0.620. The molecule has 1 atom stereocenters. The van der Waals surface area contributed by atoms with Crippen molar-refractivity contribution < 1.29 is 0 Å². The highest BCUT2D eigenvalue weighted by molar-refractivity contribution is 5.41. The number of anilines is 1. The van der Waals surface area contributed by atoms with Crippen molar-refractivity contribution in [1.82, 2.24) is 10.3 Å². The predicted molar refractivity (Wildman–Crippen MR) is 67.9 cm³/mol. The Kier molecular flexibility index (Phi) is 3.78. The van der Waals surface area contributed by atoms with Crippen molar-refractivity contribution in [2.45, 2.75) is 32.7 Å². The van der Waals surface area contributed by atoms with Crippen LogP contribution in [0, 0.1) is 6.92 Å². The first-order valence-corrected chi connectivity index (χ1v) is 6.22. The molecule has 16 heavy (non-hydrogen) atoms. The van der Waals surface area contributed by atoms with Crippen molar-refractivity contribution >= 4 is 5.82 Å². The van der Waals surface area contributed by atoms with E-state index >= 15 is 0 Å². The van der Waals surface area contributed by atoms with Crippen LogP contribution in [0.25, 0.3) is 0 Å². The molecule has 1 unspecified atom stereocenters. The molecule has 0 amide bonds. The molecule has 2 rings (SSSR count). The SMILES string of the molecule is CCNCC1CCCN1c1cccc(C)n1. The third kappa shape index (κ3) is 2.53. The summed E-state index contributed by atoms with van der Waals surface area (Å²) < 4.78 is 0. The molecule has 1 saturated heterocycles. The third-order valence-corrected chi connectivity index (χ3v) is 3.17. The van der Waals surface area contributed by atoms with Crippen LogP contribution in [-0.4, -0.2) is 30.7 Å². The number of hydrogen-bond donors (Lipinski definition) is 1. The fourth-order valence-corrected chi connectivity index (χ4v) is 2.35. The van der Waals surface area contributed by atoms with Gasteiger partial charge in [-0.05, 0) is 38.4 Å². The molecule has 0 spiro atoms. The highest BCUT2D eigenvalue weighted by atomic mass is 15.2. The zero-order valence-electron chi connectivity index (χ0n) is 10.2. The molecule has 2 heterocycles. The fraction of sp³-hybridized carbons (Fsp3) is 0.615. The van der Waals surface area contributed by atoms with Crippen LogP contribution in [0.1, 0.15) is 25.5 Å². The second kappa shape index (κ2) is 5.30. The van der Waals surface area contributed by atoms with E-state index in [0.717, 1.165) is 31.1 Å². The molecule has 1 aliphatic rings. The summed E-state index contributed by atoms with van der Waals surface area (Å²) in [5, 5.41) is 3.44. The fourth-order valence-electron chi connectivity index (χ4n) is 2.35. The summed E-state index contributed by atoms with van der Waals surface area (Å²) in [6.45, 7) is 7.48. The number of pyridine rings is 1. The molecule has 0 saturated carbocycles. The number of aromatic nitrogens is 1. The number of aryl methyl sites for hydroxylation is 1. The molecule has 1 N–H and O–H groups in total. The molecular formula is C13H21N3. The molecule has 3 nitrogen and oxygen atoms in total. The number of likely N-dealkylation sites (N-methyl/N-ethyl adjacent to an activating group) is 1. The summed E-state index contributed by atoms with van der Waals surface area (Å²) in [6, 6.07) is 6.89. The van der Waals surface area contributed by atoms with Gasteiger partial charge < -0.3 is 10.2 Å². The summed E-state index contributed by atoms with van der Waals surface area (Å²) in [5.74, 6) is 1.14. The Hall–Kier alpha value is -1.09. The Morgan fingerprint density at radius 3 is 3.12 bits per heavy atom. The van der Waals surface area contributed by atoms with Gasteiger partial charge in [0.2, 0.25) is 0 Å². The van der Waals surface area contributed by atoms with Gasteiger partial charge in [-0.15, -0.1) is 0 Å². The molecule has 0 bridgehead atoms. The average Bonchev–Trinajstić information content (AvgIpc) is 2.74. The van der Waals surface area contributed by atoms with E-state index in [1.54, 1.807) is 0 Å². The van der Waals surface area contributed by atoms with E-state index in [4.69, 9.17) is 0 Å². The normalized spacial score (nSPS) is 20.4. The highest BCUT2D eigenvalue weighted by Crippen LogP contribution is 2.23. The predicted octanol–water partition coefficient (Wildman–Crippen LogP) is 1.97. The van der Waals surface area contributed by atoms with Crippen molar-refractivity contribution in [3.05, 3.63) is 23.9 Å². The van der Waals surface area contributed by atoms with Gasteiger partial charge in [-0.1, -0.05) is 13.0 Å². The molecule has 1 aromatic heterocycles. The monoisotopic (exact) mass is 219 g/mol. The minimum Gasteiger partial charge on any atom is -0.352 e. The van der Waals surface area contributed by atoms with E-state index in [2.05, 4.69) is 47.2 Å². The van der Waals surface area contributed by atoms with Gasteiger partial charge in [-0.3, -0.25) is 0 Å². The zero-order valence-corrected chi connectivity index (χ0v) is 10.2. The Bertz CT molecular complexity index is 338. The van der Waals surface area contributed by atoms with Crippen molar-refractivity contribution in [1.29, 1.82) is 0 Å². The van der Waals surface area contributed by atoms with Gasteiger partial charge in [-0.25, -0.2) is 4.98 Å². The van der Waals surface area contributed by atoms with Crippen LogP contribution in [0.5, 0.6) is 0 Å². The van der Waals surface area contributed by atoms with Gasteiger partial charge in [0.05, 0.1) is 0 Å². The molecule has 0 radical (unpaired) electrons. The maximum Gasteiger partial charge on any atom is 0.129 e. The second-order valence-electron chi connectivity index (χ2n) is 4.43. The standard InChI is InChI=1S/C13H21N3/c1-3-14-10-12-7-5-9-16(12)13-8-4-6-11(2)15-13/h4,6,8,12,14H,3,5,7,9-10H2,1-2H3. The van der Waals surface area contributed by atoms with Crippen molar-refractivity contribution in [3.8, 4) is 0 Å². The van der Waals surface area contributed by atoms with E-state index < -0.39 is 0 Å². The summed E-state index contributed by atoms with van der Waals surface area (Å²) in [5.41, 5.74) is 1.10. The third-order valence-electron chi connectivity index (χ3n) is 3.17. The number of nitrogens with one attached hydrogen (secondary N) is 1. The first-order valence-electron chi connectivity index (χ1n) is 6.22. The van der Waals surface area contributed by atoms with E-state index in [9.17, 15) is 0 Å². The Morgan fingerprint density at radius 1 is 1.50 bits per heavy atom. The second-order valence-corrected chi connectivity index (χ2v) is 4.43. The van der Waals surface area contributed by atoms with Crippen molar-refractivity contribution in [2.75, 3.05) is 24.5 Å². The molecule has 0 aliphatic carbocycles. The van der Waals surface area contributed by atoms with E-state index in [0.29, 0.717) is 6.04 Å². The molecule has 1 fully saturated rings. The smallest absolute Gasteiger partial charge is 0.129 e. The minimum absolute atomic E-state index is 0.620. The molecule has 1 aromatic rings. The molecular weight excluding hydrogens is 198 g/mol. The van der Waals surface area contributed by atoms with Crippen LogP contribution in [0.15, 0.2) is 18.2 Å². The molecule has 88 valence electrons.